The van der Waals surface area contributed by atoms with Gasteiger partial charge in [-0.05, 0) is 37.1 Å². The van der Waals surface area contributed by atoms with Gasteiger partial charge in [0.05, 0.1) is 6.21 Å². The Balaban J connectivity index is 1.58. The molecular weight excluding hydrogens is 312 g/mol. The molecule has 0 bridgehead atoms. The molecule has 0 aliphatic heterocycles. The predicted octanol–water partition coefficient (Wildman–Crippen LogP) is 3.82. The Labute approximate surface area is 149 Å². The molecule has 1 amide bonds. The van der Waals surface area contributed by atoms with E-state index in [9.17, 15) is 4.79 Å². The molecule has 1 aromatic heterocycles. The van der Waals surface area contributed by atoms with Crippen molar-refractivity contribution >= 4 is 17.8 Å². The lowest BCUT2D eigenvalue weighted by Gasteiger charge is -2.23. The average Bonchev–Trinajstić information content (AvgIpc) is 3.11. The first kappa shape index (κ1) is 17.3. The van der Waals surface area contributed by atoms with Crippen LogP contribution < -0.4 is 10.3 Å². The topological polar surface area (TPSA) is 49.6 Å². The molecule has 1 aromatic carbocycles. The molecule has 1 saturated carbocycles. The molecule has 0 radical (unpaired) electrons. The minimum Gasteiger partial charge on any atom is -0.378 e. The van der Waals surface area contributed by atoms with Crippen molar-refractivity contribution < 1.29 is 4.79 Å². The number of amides is 1. The van der Waals surface area contributed by atoms with Gasteiger partial charge in [-0.1, -0.05) is 25.3 Å². The molecular formula is C20H26N4O. The van der Waals surface area contributed by atoms with Crippen LogP contribution in [0.3, 0.4) is 0 Å². The predicted molar refractivity (Wildman–Crippen MR) is 102 cm³/mol. The average molecular weight is 338 g/mol. The SMILES string of the molecule is CN(C)c1cccc(C(=O)N/N=C\c2ccn(C3CCCCC3)c2)c1. The minimum atomic E-state index is -0.202. The number of nitrogens with zero attached hydrogens (tertiary/aromatic N) is 3. The Bertz CT molecular complexity index is 742. The first-order valence-corrected chi connectivity index (χ1v) is 8.92. The van der Waals surface area contributed by atoms with Crippen molar-refractivity contribution in [3.63, 3.8) is 0 Å². The highest BCUT2D eigenvalue weighted by atomic mass is 16.2. The van der Waals surface area contributed by atoms with Crippen molar-refractivity contribution in [2.75, 3.05) is 19.0 Å². The quantitative estimate of drug-likeness (QED) is 0.665. The number of carbonyl (C=O) groups is 1. The van der Waals surface area contributed by atoms with Crippen LogP contribution in [-0.2, 0) is 0 Å². The van der Waals surface area contributed by atoms with Gasteiger partial charge < -0.3 is 9.47 Å². The Hall–Kier alpha value is -2.56. The molecule has 1 N–H and O–H groups in total. The second-order valence-corrected chi connectivity index (χ2v) is 6.83. The number of hydrazone groups is 1. The molecule has 3 rings (SSSR count). The molecule has 1 heterocycles. The standard InChI is InChI=1S/C20H26N4O/c1-23(2)19-10-6-7-17(13-19)20(25)22-21-14-16-11-12-24(15-16)18-8-4-3-5-9-18/h6-7,10-15,18H,3-5,8-9H2,1-2H3,(H,22,25)/b21-14-. The van der Waals surface area contributed by atoms with E-state index in [2.05, 4.69) is 27.5 Å². The van der Waals surface area contributed by atoms with Crippen LogP contribution in [0.25, 0.3) is 0 Å². The second kappa shape index (κ2) is 8.01. The van der Waals surface area contributed by atoms with Crippen LogP contribution >= 0.6 is 0 Å². The van der Waals surface area contributed by atoms with Gasteiger partial charge in [-0.15, -0.1) is 0 Å². The van der Waals surface area contributed by atoms with E-state index in [1.165, 1.54) is 32.1 Å². The highest BCUT2D eigenvalue weighted by molar-refractivity contribution is 5.95. The maximum atomic E-state index is 12.2. The summed E-state index contributed by atoms with van der Waals surface area (Å²) in [5.41, 5.74) is 5.20. The summed E-state index contributed by atoms with van der Waals surface area (Å²) in [6.45, 7) is 0. The number of aromatic nitrogens is 1. The van der Waals surface area contributed by atoms with Crippen molar-refractivity contribution in [2.24, 2.45) is 5.10 Å². The maximum Gasteiger partial charge on any atom is 0.271 e. The molecule has 25 heavy (non-hydrogen) atoms. The van der Waals surface area contributed by atoms with Crippen molar-refractivity contribution in [3.05, 3.63) is 53.9 Å². The second-order valence-electron chi connectivity index (χ2n) is 6.83. The van der Waals surface area contributed by atoms with Crippen LogP contribution in [0, 0.1) is 0 Å². The van der Waals surface area contributed by atoms with Crippen LogP contribution in [0.5, 0.6) is 0 Å². The molecule has 5 nitrogen and oxygen atoms in total. The summed E-state index contributed by atoms with van der Waals surface area (Å²) in [5, 5.41) is 4.10. The van der Waals surface area contributed by atoms with E-state index in [1.54, 1.807) is 12.3 Å². The highest BCUT2D eigenvalue weighted by Gasteiger charge is 2.14. The third-order valence-electron chi connectivity index (χ3n) is 4.74. The van der Waals surface area contributed by atoms with E-state index in [4.69, 9.17) is 0 Å². The Morgan fingerprint density at radius 1 is 1.24 bits per heavy atom. The molecule has 1 aliphatic rings. The Morgan fingerprint density at radius 3 is 2.80 bits per heavy atom. The fourth-order valence-electron chi connectivity index (χ4n) is 3.27. The zero-order valence-corrected chi connectivity index (χ0v) is 15.0. The lowest BCUT2D eigenvalue weighted by atomic mass is 9.95. The van der Waals surface area contributed by atoms with Gasteiger partial charge in [0.1, 0.15) is 0 Å². The lowest BCUT2D eigenvalue weighted by molar-refractivity contribution is 0.0955. The number of anilines is 1. The van der Waals surface area contributed by atoms with Crippen molar-refractivity contribution in [1.82, 2.24) is 9.99 Å². The maximum absolute atomic E-state index is 12.2. The van der Waals surface area contributed by atoms with Gasteiger partial charge in [-0.25, -0.2) is 5.43 Å². The summed E-state index contributed by atoms with van der Waals surface area (Å²) >= 11 is 0. The summed E-state index contributed by atoms with van der Waals surface area (Å²) in [7, 11) is 3.90. The molecule has 1 fully saturated rings. The van der Waals surface area contributed by atoms with Crippen LogP contribution in [0.2, 0.25) is 0 Å². The van der Waals surface area contributed by atoms with E-state index < -0.39 is 0 Å². The zero-order chi connectivity index (χ0) is 17.6. The largest absolute Gasteiger partial charge is 0.378 e. The molecule has 0 atom stereocenters. The number of carbonyl (C=O) groups excluding carboxylic acids is 1. The molecule has 2 aromatic rings. The fraction of sp³-hybridized carbons (Fsp3) is 0.400. The number of nitrogens with one attached hydrogen (secondary N) is 1. The van der Waals surface area contributed by atoms with Crippen LogP contribution in [0.15, 0.2) is 47.8 Å². The lowest BCUT2D eigenvalue weighted by Crippen LogP contribution is -2.18. The fourth-order valence-corrected chi connectivity index (χ4v) is 3.27. The number of hydrogen-bond acceptors (Lipinski definition) is 3. The van der Waals surface area contributed by atoms with E-state index in [-0.39, 0.29) is 5.91 Å². The number of benzene rings is 1. The van der Waals surface area contributed by atoms with Crippen LogP contribution in [-0.4, -0.2) is 30.8 Å². The van der Waals surface area contributed by atoms with Crippen LogP contribution in [0.1, 0.15) is 54.1 Å². The minimum absolute atomic E-state index is 0.202. The Kier molecular flexibility index (Phi) is 5.53. The van der Waals surface area contributed by atoms with E-state index in [1.807, 2.05) is 43.3 Å². The van der Waals surface area contributed by atoms with Crippen molar-refractivity contribution in [2.45, 2.75) is 38.1 Å². The van der Waals surface area contributed by atoms with Gasteiger partial charge in [-0.2, -0.15) is 5.10 Å². The first-order chi connectivity index (χ1) is 12.1. The smallest absolute Gasteiger partial charge is 0.271 e. The summed E-state index contributed by atoms with van der Waals surface area (Å²) in [5.74, 6) is -0.202. The third-order valence-corrected chi connectivity index (χ3v) is 4.74. The van der Waals surface area contributed by atoms with Gasteiger partial charge in [-0.3, -0.25) is 4.79 Å². The van der Waals surface area contributed by atoms with E-state index >= 15 is 0 Å². The first-order valence-electron chi connectivity index (χ1n) is 8.92. The summed E-state index contributed by atoms with van der Waals surface area (Å²) in [6.07, 6.45) is 12.4. The molecule has 132 valence electrons. The van der Waals surface area contributed by atoms with E-state index in [0.717, 1.165) is 11.3 Å². The van der Waals surface area contributed by atoms with Crippen LogP contribution in [0.4, 0.5) is 5.69 Å². The third kappa shape index (κ3) is 4.50. The normalized spacial score (nSPS) is 15.4. The van der Waals surface area contributed by atoms with Gasteiger partial charge in [0.25, 0.3) is 5.91 Å². The van der Waals surface area contributed by atoms with Crippen molar-refractivity contribution in [3.8, 4) is 0 Å². The van der Waals surface area contributed by atoms with Gasteiger partial charge in [0.2, 0.25) is 0 Å². The van der Waals surface area contributed by atoms with Gasteiger partial charge >= 0.3 is 0 Å². The van der Waals surface area contributed by atoms with Crippen molar-refractivity contribution in [1.29, 1.82) is 0 Å². The summed E-state index contributed by atoms with van der Waals surface area (Å²) < 4.78 is 2.28. The van der Waals surface area contributed by atoms with Gasteiger partial charge in [0.15, 0.2) is 0 Å². The monoisotopic (exact) mass is 338 g/mol. The summed E-state index contributed by atoms with van der Waals surface area (Å²) in [4.78, 5) is 14.2. The number of hydrogen-bond donors (Lipinski definition) is 1. The molecule has 5 heteroatoms. The zero-order valence-electron chi connectivity index (χ0n) is 15.0. The molecule has 0 unspecified atom stereocenters. The Morgan fingerprint density at radius 2 is 2.04 bits per heavy atom. The molecule has 0 saturated heterocycles. The number of rotatable bonds is 5. The molecule has 1 aliphatic carbocycles. The molecule has 0 spiro atoms. The van der Waals surface area contributed by atoms with Gasteiger partial charge in [0, 0.05) is 49.3 Å². The summed E-state index contributed by atoms with van der Waals surface area (Å²) in [6, 6.07) is 10.1. The van der Waals surface area contributed by atoms with E-state index in [0.29, 0.717) is 11.6 Å². The highest BCUT2D eigenvalue weighted by Crippen LogP contribution is 2.28.